The molecule has 0 amide bonds. The number of ketones is 1. The highest BCUT2D eigenvalue weighted by molar-refractivity contribution is 5.92. The standard InChI is InChI=1S/C24H28O7/c1-21-5-4-12(25)6-11(21)7-14(19(26)28-3)18-17-13-8-15(13)23(10-29-20(27)31-23)22(17,2)9-16-24(18,21)30-16/h6,13-18H,4-5,7-10H2,1-3H3/t13-,14-,15+,16+,17?,18?,21+,22+,23+,24-/m1/s1. The molecule has 2 aliphatic heterocycles. The van der Waals surface area contributed by atoms with Crippen molar-refractivity contribution in [3.05, 3.63) is 11.6 Å². The number of epoxide rings is 1. The van der Waals surface area contributed by atoms with Crippen molar-refractivity contribution in [2.24, 2.45) is 40.4 Å². The summed E-state index contributed by atoms with van der Waals surface area (Å²) in [4.78, 5) is 37.5. The number of fused-ring (bicyclic) bond motifs is 7. The molecule has 7 rings (SSSR count). The van der Waals surface area contributed by atoms with Crippen LogP contribution in [0.2, 0.25) is 0 Å². The Hall–Kier alpha value is -1.89. The van der Waals surface area contributed by atoms with Gasteiger partial charge < -0.3 is 18.9 Å². The quantitative estimate of drug-likeness (QED) is 0.468. The molecule has 7 nitrogen and oxygen atoms in total. The van der Waals surface area contributed by atoms with Crippen LogP contribution in [-0.2, 0) is 28.5 Å². The lowest BCUT2D eigenvalue weighted by atomic mass is 9.43. The van der Waals surface area contributed by atoms with Crippen LogP contribution in [0.25, 0.3) is 0 Å². The van der Waals surface area contributed by atoms with E-state index >= 15 is 0 Å². The smallest absolute Gasteiger partial charge is 0.469 e. The van der Waals surface area contributed by atoms with Crippen molar-refractivity contribution in [3.63, 3.8) is 0 Å². The Labute approximate surface area is 180 Å². The summed E-state index contributed by atoms with van der Waals surface area (Å²) in [6.07, 6.45) is 4.82. The van der Waals surface area contributed by atoms with Crippen molar-refractivity contribution >= 4 is 17.9 Å². The molecule has 0 aromatic heterocycles. The molecule has 5 aliphatic carbocycles. The summed E-state index contributed by atoms with van der Waals surface area (Å²) in [6.45, 7) is 4.76. The lowest BCUT2D eigenvalue weighted by Crippen LogP contribution is -2.64. The average molecular weight is 428 g/mol. The second-order valence-electron chi connectivity index (χ2n) is 11.4. The number of methoxy groups -OCH3 is 1. The molecular formula is C24H28O7. The number of cyclic esters (lactones) is 1. The van der Waals surface area contributed by atoms with E-state index in [9.17, 15) is 14.4 Å². The van der Waals surface area contributed by atoms with Crippen LogP contribution in [0, 0.1) is 40.4 Å². The van der Waals surface area contributed by atoms with Gasteiger partial charge in [0.2, 0.25) is 0 Å². The van der Waals surface area contributed by atoms with E-state index in [4.69, 9.17) is 18.9 Å². The third kappa shape index (κ3) is 1.80. The SMILES string of the molecule is COC(=O)[C@@H]1CC2=CC(=O)CC[C@]2(C)[C@@]23O[C@H]2C[C@@]2(C)C(C13)[C@@H]1C[C@@H]1[C@@]21COC(=O)O1. The largest absolute Gasteiger partial charge is 0.509 e. The summed E-state index contributed by atoms with van der Waals surface area (Å²) in [7, 11) is 1.44. The highest BCUT2D eigenvalue weighted by Gasteiger charge is 2.89. The van der Waals surface area contributed by atoms with Gasteiger partial charge in [0.15, 0.2) is 11.4 Å². The Morgan fingerprint density at radius 2 is 2.03 bits per heavy atom. The van der Waals surface area contributed by atoms with Crippen molar-refractivity contribution < 1.29 is 33.3 Å². The van der Waals surface area contributed by atoms with E-state index in [2.05, 4.69) is 13.8 Å². The zero-order valence-corrected chi connectivity index (χ0v) is 18.1. The van der Waals surface area contributed by atoms with Crippen molar-refractivity contribution in [3.8, 4) is 0 Å². The second-order valence-corrected chi connectivity index (χ2v) is 11.4. The normalized spacial score (nSPS) is 57.5. The third-order valence-electron chi connectivity index (χ3n) is 10.7. The summed E-state index contributed by atoms with van der Waals surface area (Å²) < 4.78 is 23.3. The van der Waals surface area contributed by atoms with Gasteiger partial charge in [-0.15, -0.1) is 0 Å². The molecule has 4 saturated carbocycles. The van der Waals surface area contributed by atoms with E-state index in [1.54, 1.807) is 6.08 Å². The van der Waals surface area contributed by atoms with E-state index in [-0.39, 0.29) is 46.4 Å². The lowest BCUT2D eigenvalue weighted by Gasteiger charge is -2.59. The zero-order valence-electron chi connectivity index (χ0n) is 18.1. The van der Waals surface area contributed by atoms with Crippen LogP contribution < -0.4 is 0 Å². The molecule has 0 bridgehead atoms. The Morgan fingerprint density at radius 3 is 2.74 bits per heavy atom. The molecule has 0 aromatic carbocycles. The number of ether oxygens (including phenoxy) is 4. The number of esters is 1. The summed E-state index contributed by atoms with van der Waals surface area (Å²) in [6, 6.07) is 0. The number of carbonyl (C=O) groups is 3. The van der Waals surface area contributed by atoms with Crippen LogP contribution in [-0.4, -0.2) is 48.9 Å². The summed E-state index contributed by atoms with van der Waals surface area (Å²) in [5, 5.41) is 0. The van der Waals surface area contributed by atoms with E-state index < -0.39 is 17.4 Å². The highest BCUT2D eigenvalue weighted by Crippen LogP contribution is 2.83. The van der Waals surface area contributed by atoms with Gasteiger partial charge in [0.25, 0.3) is 0 Å². The minimum Gasteiger partial charge on any atom is -0.469 e. The van der Waals surface area contributed by atoms with E-state index in [0.29, 0.717) is 31.3 Å². The monoisotopic (exact) mass is 428 g/mol. The molecular weight excluding hydrogens is 400 g/mol. The minimum atomic E-state index is -0.613. The number of hydrogen-bond acceptors (Lipinski definition) is 7. The first-order chi connectivity index (χ1) is 14.7. The highest BCUT2D eigenvalue weighted by atomic mass is 16.8. The molecule has 166 valence electrons. The average Bonchev–Trinajstić information content (AvgIpc) is 3.61. The first-order valence-electron chi connectivity index (χ1n) is 11.6. The molecule has 31 heavy (non-hydrogen) atoms. The molecule has 2 saturated heterocycles. The Kier molecular flexibility index (Phi) is 3.12. The van der Waals surface area contributed by atoms with Crippen LogP contribution in [0.4, 0.5) is 4.79 Å². The number of hydrogen-bond donors (Lipinski definition) is 0. The van der Waals surface area contributed by atoms with Gasteiger partial charge in [-0.2, -0.15) is 0 Å². The fraction of sp³-hybridized carbons (Fsp3) is 0.792. The Bertz CT molecular complexity index is 986. The van der Waals surface area contributed by atoms with E-state index in [0.717, 1.165) is 24.8 Å². The van der Waals surface area contributed by atoms with Crippen LogP contribution >= 0.6 is 0 Å². The van der Waals surface area contributed by atoms with Gasteiger partial charge in [-0.05, 0) is 43.6 Å². The van der Waals surface area contributed by atoms with Crippen LogP contribution in [0.15, 0.2) is 11.6 Å². The van der Waals surface area contributed by atoms with Gasteiger partial charge in [0.05, 0.1) is 19.1 Å². The van der Waals surface area contributed by atoms with Gasteiger partial charge >= 0.3 is 12.1 Å². The van der Waals surface area contributed by atoms with Gasteiger partial charge in [0, 0.05) is 29.1 Å². The maximum Gasteiger partial charge on any atom is 0.509 e. The van der Waals surface area contributed by atoms with Gasteiger partial charge in [-0.3, -0.25) is 9.59 Å². The van der Waals surface area contributed by atoms with Crippen molar-refractivity contribution in [1.29, 1.82) is 0 Å². The van der Waals surface area contributed by atoms with Gasteiger partial charge in [0.1, 0.15) is 12.2 Å². The maximum atomic E-state index is 13.1. The molecule has 7 aliphatic rings. The van der Waals surface area contributed by atoms with E-state index in [1.165, 1.54) is 7.11 Å². The van der Waals surface area contributed by atoms with Gasteiger partial charge in [-0.1, -0.05) is 19.4 Å². The maximum absolute atomic E-state index is 13.1. The lowest BCUT2D eigenvalue weighted by molar-refractivity contribution is -0.164. The number of carbonyl (C=O) groups excluding carboxylic acids is 3. The summed E-state index contributed by atoms with van der Waals surface area (Å²) in [5.41, 5.74) is -0.542. The zero-order chi connectivity index (χ0) is 21.6. The molecule has 2 unspecified atom stereocenters. The molecule has 0 N–H and O–H groups in total. The van der Waals surface area contributed by atoms with Gasteiger partial charge in [-0.25, -0.2) is 4.79 Å². The minimum absolute atomic E-state index is 0.00673. The van der Waals surface area contributed by atoms with Crippen LogP contribution in [0.3, 0.4) is 0 Å². The molecule has 10 atom stereocenters. The van der Waals surface area contributed by atoms with Crippen molar-refractivity contribution in [1.82, 2.24) is 0 Å². The van der Waals surface area contributed by atoms with Crippen LogP contribution in [0.5, 0.6) is 0 Å². The number of rotatable bonds is 1. The van der Waals surface area contributed by atoms with Crippen molar-refractivity contribution in [2.45, 2.75) is 63.3 Å². The third-order valence-corrected chi connectivity index (χ3v) is 10.7. The predicted molar refractivity (Wildman–Crippen MR) is 105 cm³/mol. The molecule has 0 aromatic rings. The second kappa shape index (κ2) is 5.19. The summed E-state index contributed by atoms with van der Waals surface area (Å²) >= 11 is 0. The first kappa shape index (κ1) is 18.7. The molecule has 2 spiro atoms. The predicted octanol–water partition coefficient (Wildman–Crippen LogP) is 2.81. The first-order valence-corrected chi connectivity index (χ1v) is 11.6. The fourth-order valence-corrected chi connectivity index (χ4v) is 9.31. The summed E-state index contributed by atoms with van der Waals surface area (Å²) in [5.74, 6) is 0.456. The Morgan fingerprint density at radius 1 is 1.23 bits per heavy atom. The van der Waals surface area contributed by atoms with E-state index in [1.807, 2.05) is 0 Å². The fourth-order valence-electron chi connectivity index (χ4n) is 9.31. The Balaban J connectivity index is 1.40. The molecule has 6 fully saturated rings. The van der Waals surface area contributed by atoms with Crippen molar-refractivity contribution in [2.75, 3.05) is 13.7 Å². The topological polar surface area (TPSA) is 91.4 Å². The molecule has 2 heterocycles. The molecule has 7 heteroatoms. The molecule has 0 radical (unpaired) electrons. The van der Waals surface area contributed by atoms with Crippen LogP contribution in [0.1, 0.15) is 46.0 Å².